The lowest BCUT2D eigenvalue weighted by molar-refractivity contribution is -0.136. The maximum absolute atomic E-state index is 13.8. The van der Waals surface area contributed by atoms with E-state index in [0.717, 1.165) is 70.2 Å². The van der Waals surface area contributed by atoms with Crippen LogP contribution in [0.4, 0.5) is 9.59 Å². The predicted molar refractivity (Wildman–Crippen MR) is 246 cm³/mol. The molecule has 16 nitrogen and oxygen atoms in total. The molecule has 0 aliphatic carbocycles. The molecular weight excluding hydrogens is 827 g/mol. The average molecular weight is 882 g/mol. The second kappa shape index (κ2) is 17.9. The Kier molecular flexibility index (Phi) is 11.9. The SMILES string of the molecule is COC(=O)N[C@H](C(=O)N1CCC[C@@H]1C1N=CC(c2ccc3c(c2)O[C@@H](c2ccccc2)n2c-3cc3cc(-c4cnc([C@@H]5CCCN5C(=O)[C@@H](NC(=O)OC)C(C)C)[nH]4)ccc32)=N1)C(C)C. The van der Waals surface area contributed by atoms with Crippen LogP contribution in [-0.4, -0.2) is 112 Å². The zero-order valence-corrected chi connectivity index (χ0v) is 37.5. The van der Waals surface area contributed by atoms with Crippen molar-refractivity contribution in [3.63, 3.8) is 0 Å². The van der Waals surface area contributed by atoms with Gasteiger partial charge in [-0.2, -0.15) is 0 Å². The van der Waals surface area contributed by atoms with E-state index < -0.39 is 36.7 Å². The van der Waals surface area contributed by atoms with Crippen molar-refractivity contribution < 1.29 is 33.4 Å². The largest absolute Gasteiger partial charge is 0.465 e. The molecule has 2 aromatic heterocycles. The molecule has 0 radical (unpaired) electrons. The number of carbonyl (C=O) groups is 4. The summed E-state index contributed by atoms with van der Waals surface area (Å²) >= 11 is 0. The minimum absolute atomic E-state index is 0.128. The highest BCUT2D eigenvalue weighted by Gasteiger charge is 2.41. The summed E-state index contributed by atoms with van der Waals surface area (Å²) in [6, 6.07) is 22.9. The van der Waals surface area contributed by atoms with Crippen LogP contribution in [0, 0.1) is 11.8 Å². The summed E-state index contributed by atoms with van der Waals surface area (Å²) in [6.45, 7) is 8.74. The predicted octanol–water partition coefficient (Wildman–Crippen LogP) is 7.25. The van der Waals surface area contributed by atoms with Crippen LogP contribution in [0.1, 0.15) is 82.6 Å². The third kappa shape index (κ3) is 8.21. The first-order valence-corrected chi connectivity index (χ1v) is 22.4. The van der Waals surface area contributed by atoms with Crippen LogP contribution in [-0.2, 0) is 19.1 Å². The van der Waals surface area contributed by atoms with Gasteiger partial charge in [0.15, 0.2) is 6.17 Å². The maximum Gasteiger partial charge on any atom is 0.407 e. The molecule has 9 rings (SSSR count). The van der Waals surface area contributed by atoms with Gasteiger partial charge in [0.1, 0.15) is 23.7 Å². The van der Waals surface area contributed by atoms with Crippen molar-refractivity contribution in [2.75, 3.05) is 27.3 Å². The van der Waals surface area contributed by atoms with Gasteiger partial charge in [-0.3, -0.25) is 19.6 Å². The van der Waals surface area contributed by atoms with Gasteiger partial charge in [0.2, 0.25) is 18.0 Å². The summed E-state index contributed by atoms with van der Waals surface area (Å²) in [5.74, 6) is 0.846. The molecule has 4 aliphatic rings. The van der Waals surface area contributed by atoms with Gasteiger partial charge in [0, 0.05) is 46.9 Å². The number of amides is 4. The number of aromatic nitrogens is 3. The second-order valence-electron chi connectivity index (χ2n) is 17.8. The second-order valence-corrected chi connectivity index (χ2v) is 17.8. The van der Waals surface area contributed by atoms with Gasteiger partial charge in [-0.1, -0.05) is 70.2 Å². The molecule has 338 valence electrons. The number of rotatable bonds is 11. The van der Waals surface area contributed by atoms with Crippen molar-refractivity contribution in [2.24, 2.45) is 21.8 Å². The fourth-order valence-electron chi connectivity index (χ4n) is 9.65. The number of fused-ring (bicyclic) bond motifs is 5. The normalized spacial score (nSPS) is 20.9. The van der Waals surface area contributed by atoms with Crippen molar-refractivity contribution in [1.29, 1.82) is 0 Å². The van der Waals surface area contributed by atoms with Crippen LogP contribution in [0.2, 0.25) is 0 Å². The molecule has 2 fully saturated rings. The van der Waals surface area contributed by atoms with E-state index in [1.165, 1.54) is 14.2 Å². The van der Waals surface area contributed by atoms with Crippen molar-refractivity contribution in [1.82, 2.24) is 35.0 Å². The van der Waals surface area contributed by atoms with E-state index >= 15 is 0 Å². The smallest absolute Gasteiger partial charge is 0.407 e. The van der Waals surface area contributed by atoms with Crippen molar-refractivity contribution in [2.45, 2.75) is 89.9 Å². The zero-order chi connectivity index (χ0) is 45.5. The Labute approximate surface area is 377 Å². The fraction of sp³-hybridized carbons (Fsp3) is 0.408. The van der Waals surface area contributed by atoms with E-state index in [0.29, 0.717) is 30.4 Å². The Morgan fingerprint density at radius 3 is 2.18 bits per heavy atom. The van der Waals surface area contributed by atoms with E-state index in [9.17, 15) is 19.2 Å². The molecule has 0 bridgehead atoms. The third-order valence-electron chi connectivity index (χ3n) is 13.0. The molecule has 5 aromatic rings. The molecule has 6 atom stereocenters. The quantitative estimate of drug-likeness (QED) is 0.124. The summed E-state index contributed by atoms with van der Waals surface area (Å²) in [6.07, 6.45) is 4.56. The van der Waals surface area contributed by atoms with Crippen molar-refractivity contribution in [3.8, 4) is 28.3 Å². The highest BCUT2D eigenvalue weighted by molar-refractivity contribution is 6.39. The number of hydrogen-bond acceptors (Lipinski definition) is 10. The number of ether oxygens (including phenoxy) is 3. The average Bonchev–Trinajstić information content (AvgIpc) is 4.18. The minimum atomic E-state index is -0.720. The fourth-order valence-corrected chi connectivity index (χ4v) is 9.65. The van der Waals surface area contributed by atoms with Gasteiger partial charge in [-0.15, -0.1) is 0 Å². The number of carbonyl (C=O) groups excluding carboxylic acids is 4. The topological polar surface area (TPSA) is 185 Å². The standard InChI is InChI=1S/C49H55N9O7/c1-27(2)41(54-48(61)63-5)45(59)56-20-10-14-37(56)43-50-25-34(52-43)30-17-19-36-32(22-30)23-39-33-18-16-31(24-40(33)65-47(58(36)39)29-12-8-7-9-13-29)35-26-51-44(53-35)38-15-11-21-57(38)46(60)42(28(3)4)55-49(62)64-6/h7-9,12-13,16-19,22-28,37-38,41-42,44,47H,10-11,14-15,20-21H2,1-6H3,(H,50,52)(H,54,61)(H,55,62)/t37-,38+,41-,42-,44?,47-/m0/s1. The molecule has 3 aromatic carbocycles. The molecule has 0 spiro atoms. The molecule has 65 heavy (non-hydrogen) atoms. The van der Waals surface area contributed by atoms with E-state index in [-0.39, 0.29) is 35.7 Å². The molecule has 4 aliphatic heterocycles. The monoisotopic (exact) mass is 881 g/mol. The Morgan fingerprint density at radius 1 is 0.800 bits per heavy atom. The van der Waals surface area contributed by atoms with Gasteiger partial charge < -0.3 is 44.2 Å². The molecule has 2 saturated heterocycles. The van der Waals surface area contributed by atoms with Crippen LogP contribution >= 0.6 is 0 Å². The van der Waals surface area contributed by atoms with Crippen LogP contribution in [0.3, 0.4) is 0 Å². The number of nitrogens with zero attached hydrogens (tertiary/aromatic N) is 6. The number of likely N-dealkylation sites (tertiary alicyclic amines) is 2. The highest BCUT2D eigenvalue weighted by atomic mass is 16.5. The number of H-pyrrole nitrogens is 1. The van der Waals surface area contributed by atoms with Crippen molar-refractivity contribution in [3.05, 3.63) is 95.9 Å². The van der Waals surface area contributed by atoms with E-state index in [4.69, 9.17) is 29.2 Å². The first-order chi connectivity index (χ1) is 31.4. The minimum Gasteiger partial charge on any atom is -0.465 e. The van der Waals surface area contributed by atoms with Gasteiger partial charge in [-0.25, -0.2) is 14.6 Å². The van der Waals surface area contributed by atoms with E-state index in [1.54, 1.807) is 6.21 Å². The van der Waals surface area contributed by atoms with Crippen LogP contribution < -0.4 is 15.4 Å². The first-order valence-electron chi connectivity index (χ1n) is 22.4. The zero-order valence-electron chi connectivity index (χ0n) is 37.5. The number of imidazole rings is 1. The molecule has 4 amide bonds. The molecule has 6 heterocycles. The molecule has 3 N–H and O–H groups in total. The van der Waals surface area contributed by atoms with E-state index in [1.807, 2.05) is 74.0 Å². The van der Waals surface area contributed by atoms with Gasteiger partial charge in [0.05, 0.1) is 55.1 Å². The third-order valence-corrected chi connectivity index (χ3v) is 13.0. The number of nitrogens with one attached hydrogen (secondary N) is 3. The van der Waals surface area contributed by atoms with Crippen LogP contribution in [0.25, 0.3) is 33.4 Å². The lowest BCUT2D eigenvalue weighted by Gasteiger charge is -2.31. The molecule has 1 unspecified atom stereocenters. The highest BCUT2D eigenvalue weighted by Crippen LogP contribution is 2.45. The number of aromatic amines is 1. The number of methoxy groups -OCH3 is 2. The lowest BCUT2D eigenvalue weighted by atomic mass is 10.0. The van der Waals surface area contributed by atoms with Crippen LogP contribution in [0.5, 0.6) is 5.75 Å². The summed E-state index contributed by atoms with van der Waals surface area (Å²) in [7, 11) is 2.58. The Balaban J connectivity index is 0.993. The maximum atomic E-state index is 13.8. The summed E-state index contributed by atoms with van der Waals surface area (Å²) in [5, 5.41) is 6.45. The number of hydrogen-bond donors (Lipinski definition) is 3. The van der Waals surface area contributed by atoms with Gasteiger partial charge >= 0.3 is 12.2 Å². The number of alkyl carbamates (subject to hydrolysis) is 2. The van der Waals surface area contributed by atoms with Crippen LogP contribution in [0.15, 0.2) is 89.0 Å². The molecular formula is C49H55N9O7. The van der Waals surface area contributed by atoms with Gasteiger partial charge in [-0.05, 0) is 67.9 Å². The number of aliphatic imine (C=N–C) groups is 2. The summed E-state index contributed by atoms with van der Waals surface area (Å²) in [4.78, 5) is 73.5. The molecule has 16 heteroatoms. The summed E-state index contributed by atoms with van der Waals surface area (Å²) in [5.41, 5.74) is 7.29. The van der Waals surface area contributed by atoms with Gasteiger partial charge in [0.25, 0.3) is 0 Å². The Morgan fingerprint density at radius 2 is 1.48 bits per heavy atom. The Hall–Kier alpha value is -6.97. The number of benzene rings is 3. The lowest BCUT2D eigenvalue weighted by Crippen LogP contribution is -2.53. The molecule has 0 saturated carbocycles. The first kappa shape index (κ1) is 43.3. The van der Waals surface area contributed by atoms with Crippen molar-refractivity contribution >= 4 is 46.8 Å². The Bertz CT molecular complexity index is 2690. The summed E-state index contributed by atoms with van der Waals surface area (Å²) < 4.78 is 18.8. The van der Waals surface area contributed by atoms with E-state index in [2.05, 4.69) is 62.6 Å².